The molecule has 0 aromatic heterocycles. The van der Waals surface area contributed by atoms with E-state index in [2.05, 4.69) is 5.18 Å². The summed E-state index contributed by atoms with van der Waals surface area (Å²) >= 11 is 0. The molecule has 0 atom stereocenters. The third-order valence-corrected chi connectivity index (χ3v) is 3.30. The van der Waals surface area contributed by atoms with E-state index in [4.69, 9.17) is 0 Å². The highest BCUT2D eigenvalue weighted by atomic mass is 16.3. The summed E-state index contributed by atoms with van der Waals surface area (Å²) in [5, 5.41) is 2.91. The number of nitroso groups, excluding NO2 is 1. The van der Waals surface area contributed by atoms with Crippen LogP contribution in [0.25, 0.3) is 0 Å². The lowest BCUT2D eigenvalue weighted by Gasteiger charge is -2.14. The minimum atomic E-state index is -0.341. The van der Waals surface area contributed by atoms with Crippen molar-refractivity contribution in [2.45, 2.75) is 6.54 Å². The molecular formula is C15H10N2O3. The van der Waals surface area contributed by atoms with Gasteiger partial charge in [-0.1, -0.05) is 30.3 Å². The number of imide groups is 1. The predicted molar refractivity (Wildman–Crippen MR) is 72.5 cm³/mol. The van der Waals surface area contributed by atoms with E-state index in [0.29, 0.717) is 16.7 Å². The monoisotopic (exact) mass is 266 g/mol. The Labute approximate surface area is 114 Å². The maximum atomic E-state index is 12.2. The molecule has 0 unspecified atom stereocenters. The summed E-state index contributed by atoms with van der Waals surface area (Å²) in [7, 11) is 0. The van der Waals surface area contributed by atoms with E-state index in [1.54, 1.807) is 48.5 Å². The normalized spacial score (nSPS) is 13.5. The van der Waals surface area contributed by atoms with Crippen molar-refractivity contribution in [3.8, 4) is 0 Å². The summed E-state index contributed by atoms with van der Waals surface area (Å²) in [6, 6.07) is 13.3. The Morgan fingerprint density at radius 3 is 2.00 bits per heavy atom. The van der Waals surface area contributed by atoms with Crippen LogP contribution >= 0.6 is 0 Å². The van der Waals surface area contributed by atoms with Gasteiger partial charge in [0.1, 0.15) is 5.69 Å². The van der Waals surface area contributed by atoms with Crippen molar-refractivity contribution in [2.75, 3.05) is 0 Å². The molecule has 98 valence electrons. The van der Waals surface area contributed by atoms with E-state index in [1.165, 1.54) is 0 Å². The van der Waals surface area contributed by atoms with Gasteiger partial charge < -0.3 is 0 Å². The molecule has 5 nitrogen and oxygen atoms in total. The third kappa shape index (κ3) is 1.80. The summed E-state index contributed by atoms with van der Waals surface area (Å²) < 4.78 is 0. The molecule has 1 heterocycles. The fourth-order valence-electron chi connectivity index (χ4n) is 2.29. The molecule has 2 aromatic rings. The molecule has 1 aliphatic rings. The SMILES string of the molecule is O=Nc1ccccc1CN1C(=O)c2ccccc2C1=O. The van der Waals surface area contributed by atoms with Crippen LogP contribution in [0.1, 0.15) is 26.3 Å². The molecule has 0 saturated carbocycles. The van der Waals surface area contributed by atoms with Crippen LogP contribution in [-0.2, 0) is 6.54 Å². The van der Waals surface area contributed by atoms with Crippen molar-refractivity contribution in [3.63, 3.8) is 0 Å². The van der Waals surface area contributed by atoms with Gasteiger partial charge in [-0.2, -0.15) is 0 Å². The van der Waals surface area contributed by atoms with Gasteiger partial charge in [-0.15, -0.1) is 4.91 Å². The highest BCUT2D eigenvalue weighted by Gasteiger charge is 2.35. The predicted octanol–water partition coefficient (Wildman–Crippen LogP) is 2.88. The Kier molecular flexibility index (Phi) is 2.87. The summed E-state index contributed by atoms with van der Waals surface area (Å²) in [6.07, 6.45) is 0. The molecule has 0 fully saturated rings. The van der Waals surface area contributed by atoms with Gasteiger partial charge in [0, 0.05) is 5.56 Å². The largest absolute Gasteiger partial charge is 0.270 e. The van der Waals surface area contributed by atoms with Crippen molar-refractivity contribution in [1.29, 1.82) is 0 Å². The third-order valence-electron chi connectivity index (χ3n) is 3.30. The molecule has 3 rings (SSSR count). The lowest BCUT2D eigenvalue weighted by Crippen LogP contribution is -2.29. The fourth-order valence-corrected chi connectivity index (χ4v) is 2.29. The number of nitrogens with zero attached hydrogens (tertiary/aromatic N) is 2. The van der Waals surface area contributed by atoms with Gasteiger partial charge in [0.15, 0.2) is 0 Å². The topological polar surface area (TPSA) is 66.8 Å². The summed E-state index contributed by atoms with van der Waals surface area (Å²) in [6.45, 7) is 0.0499. The highest BCUT2D eigenvalue weighted by Crippen LogP contribution is 2.27. The second-order valence-electron chi connectivity index (χ2n) is 4.46. The van der Waals surface area contributed by atoms with Crippen molar-refractivity contribution in [2.24, 2.45) is 5.18 Å². The van der Waals surface area contributed by atoms with E-state index in [9.17, 15) is 14.5 Å². The lowest BCUT2D eigenvalue weighted by atomic mass is 10.1. The van der Waals surface area contributed by atoms with Gasteiger partial charge in [-0.3, -0.25) is 14.5 Å². The Morgan fingerprint density at radius 1 is 0.850 bits per heavy atom. The van der Waals surface area contributed by atoms with E-state index < -0.39 is 0 Å². The van der Waals surface area contributed by atoms with Crippen LogP contribution in [0.3, 0.4) is 0 Å². The number of benzene rings is 2. The first-order valence-electron chi connectivity index (χ1n) is 6.09. The first-order chi connectivity index (χ1) is 9.72. The molecule has 20 heavy (non-hydrogen) atoms. The molecule has 0 saturated heterocycles. The van der Waals surface area contributed by atoms with Gasteiger partial charge in [-0.25, -0.2) is 0 Å². The van der Waals surface area contributed by atoms with E-state index in [1.807, 2.05) is 0 Å². The van der Waals surface area contributed by atoms with Gasteiger partial charge in [0.25, 0.3) is 11.8 Å². The van der Waals surface area contributed by atoms with Gasteiger partial charge in [0.2, 0.25) is 0 Å². The van der Waals surface area contributed by atoms with E-state index in [0.717, 1.165) is 4.90 Å². The zero-order chi connectivity index (χ0) is 14.1. The smallest absolute Gasteiger partial charge is 0.261 e. The first kappa shape index (κ1) is 12.2. The molecule has 2 amide bonds. The number of carbonyl (C=O) groups is 2. The molecular weight excluding hydrogens is 256 g/mol. The average molecular weight is 266 g/mol. The van der Waals surface area contributed by atoms with Crippen LogP contribution in [-0.4, -0.2) is 16.7 Å². The highest BCUT2D eigenvalue weighted by molar-refractivity contribution is 6.21. The standard InChI is InChI=1S/C15H10N2O3/c18-14-11-6-2-3-7-12(11)15(19)17(14)9-10-5-1-4-8-13(10)16-20/h1-8H,9H2. The van der Waals surface area contributed by atoms with Crippen molar-refractivity contribution in [1.82, 2.24) is 4.90 Å². The molecule has 5 heteroatoms. The molecule has 0 bridgehead atoms. The number of rotatable bonds is 3. The Bertz CT molecular complexity index is 690. The van der Waals surface area contributed by atoms with Crippen molar-refractivity contribution in [3.05, 3.63) is 70.1 Å². The number of carbonyl (C=O) groups excluding carboxylic acids is 2. The molecule has 0 spiro atoms. The van der Waals surface area contributed by atoms with Crippen molar-refractivity contribution >= 4 is 17.5 Å². The van der Waals surface area contributed by atoms with Crippen molar-refractivity contribution < 1.29 is 9.59 Å². The van der Waals surface area contributed by atoms with Gasteiger partial charge in [0.05, 0.1) is 17.7 Å². The Morgan fingerprint density at radius 2 is 1.40 bits per heavy atom. The number of fused-ring (bicyclic) bond motifs is 1. The summed E-state index contributed by atoms with van der Waals surface area (Å²) in [5.74, 6) is -0.683. The molecule has 2 aromatic carbocycles. The molecule has 0 radical (unpaired) electrons. The summed E-state index contributed by atoms with van der Waals surface area (Å²) in [4.78, 5) is 36.3. The Balaban J connectivity index is 1.96. The van der Waals surface area contributed by atoms with Crippen LogP contribution in [0.4, 0.5) is 5.69 Å². The zero-order valence-electron chi connectivity index (χ0n) is 10.4. The van der Waals surface area contributed by atoms with Crippen LogP contribution in [0.5, 0.6) is 0 Å². The Hall–Kier alpha value is -2.82. The van der Waals surface area contributed by atoms with Gasteiger partial charge in [-0.05, 0) is 23.4 Å². The maximum absolute atomic E-state index is 12.2. The fraction of sp³-hybridized carbons (Fsp3) is 0.0667. The molecule has 1 aliphatic heterocycles. The second-order valence-corrected chi connectivity index (χ2v) is 4.46. The maximum Gasteiger partial charge on any atom is 0.261 e. The average Bonchev–Trinajstić information content (AvgIpc) is 2.73. The van der Waals surface area contributed by atoms with Crippen LogP contribution in [0, 0.1) is 4.91 Å². The van der Waals surface area contributed by atoms with E-state index >= 15 is 0 Å². The summed E-state index contributed by atoms with van der Waals surface area (Å²) in [5.41, 5.74) is 1.59. The van der Waals surface area contributed by atoms with Gasteiger partial charge >= 0.3 is 0 Å². The quantitative estimate of drug-likeness (QED) is 0.633. The number of hydrogen-bond donors (Lipinski definition) is 0. The van der Waals surface area contributed by atoms with Crippen LogP contribution in [0.15, 0.2) is 53.7 Å². The zero-order valence-corrected chi connectivity index (χ0v) is 10.4. The molecule has 0 aliphatic carbocycles. The van der Waals surface area contributed by atoms with Crippen LogP contribution < -0.4 is 0 Å². The number of amides is 2. The second kappa shape index (κ2) is 4.70. The number of hydrogen-bond acceptors (Lipinski definition) is 4. The van der Waals surface area contributed by atoms with E-state index in [-0.39, 0.29) is 24.0 Å². The lowest BCUT2D eigenvalue weighted by molar-refractivity contribution is 0.0642. The van der Waals surface area contributed by atoms with Crippen LogP contribution in [0.2, 0.25) is 0 Å². The minimum absolute atomic E-state index is 0.0499. The first-order valence-corrected chi connectivity index (χ1v) is 6.09. The molecule has 0 N–H and O–H groups in total. The minimum Gasteiger partial charge on any atom is -0.270 e.